The first-order valence-electron chi connectivity index (χ1n) is 4.61. The molecule has 0 aliphatic heterocycles. The molecule has 1 aliphatic rings. The number of hydrogen-bond acceptors (Lipinski definition) is 0. The summed E-state index contributed by atoms with van der Waals surface area (Å²) in [5.41, 5.74) is 5.75. The molecule has 0 N–H and O–H groups in total. The van der Waals surface area contributed by atoms with E-state index in [1.165, 1.54) is 22.3 Å². The van der Waals surface area contributed by atoms with Crippen LogP contribution < -0.4 is 0 Å². The van der Waals surface area contributed by atoms with Gasteiger partial charge in [-0.15, -0.1) is 0 Å². The van der Waals surface area contributed by atoms with Crippen LogP contribution >= 0.6 is 0 Å². The van der Waals surface area contributed by atoms with Crippen molar-refractivity contribution in [3.8, 4) is 11.1 Å². The van der Waals surface area contributed by atoms with Gasteiger partial charge in [-0.1, -0.05) is 48.5 Å². The maximum Gasteiger partial charge on any atom is -0.00135 e. The summed E-state index contributed by atoms with van der Waals surface area (Å²) in [5.74, 6) is 0. The van der Waals surface area contributed by atoms with Crippen molar-refractivity contribution in [3.63, 3.8) is 0 Å². The summed E-state index contributed by atoms with van der Waals surface area (Å²) in [5, 5.41) is 0. The average Bonchev–Trinajstić information content (AvgIpc) is 2.56. The molecule has 0 unspecified atom stereocenters. The normalized spacial score (nSPS) is 11.4. The van der Waals surface area contributed by atoms with Gasteiger partial charge in [0.15, 0.2) is 0 Å². The van der Waals surface area contributed by atoms with Crippen molar-refractivity contribution in [1.82, 2.24) is 0 Å². The molecule has 1 aliphatic carbocycles. The third-order valence-corrected chi connectivity index (χ3v) is 2.71. The SMILES string of the molecule is [CH].c1ccc2c(c1)Cc1ccccc1-2. The molecule has 0 spiro atoms. The van der Waals surface area contributed by atoms with E-state index in [0.29, 0.717) is 0 Å². The molecule has 0 amide bonds. The third-order valence-electron chi connectivity index (χ3n) is 2.71. The van der Waals surface area contributed by atoms with E-state index in [1.807, 2.05) is 0 Å². The Balaban J connectivity index is 0.000000750. The maximum atomic E-state index is 2.22. The molecule has 0 fully saturated rings. The Morgan fingerprint density at radius 1 is 0.643 bits per heavy atom. The smallest absolute Gasteiger partial charge is 0.00135 e. The van der Waals surface area contributed by atoms with Crippen LogP contribution in [0, 0.1) is 7.43 Å². The first kappa shape index (κ1) is 9.01. The Morgan fingerprint density at radius 3 is 1.57 bits per heavy atom. The van der Waals surface area contributed by atoms with E-state index < -0.39 is 0 Å². The molecule has 0 bridgehead atoms. The van der Waals surface area contributed by atoms with Gasteiger partial charge in [-0.3, -0.25) is 0 Å². The molecule has 0 heterocycles. The van der Waals surface area contributed by atoms with Gasteiger partial charge in [0, 0.05) is 0 Å². The Kier molecular flexibility index (Phi) is 2.12. The summed E-state index contributed by atoms with van der Waals surface area (Å²) in [6, 6.07) is 17.3. The molecule has 0 aromatic heterocycles. The minimum Gasteiger partial charge on any atom is -0.0619 e. The van der Waals surface area contributed by atoms with E-state index >= 15 is 0 Å². The number of rotatable bonds is 0. The topological polar surface area (TPSA) is 0 Å². The summed E-state index contributed by atoms with van der Waals surface area (Å²) >= 11 is 0. The van der Waals surface area contributed by atoms with E-state index in [1.54, 1.807) is 0 Å². The highest BCUT2D eigenvalue weighted by atomic mass is 14.2. The van der Waals surface area contributed by atoms with E-state index in [-0.39, 0.29) is 7.43 Å². The lowest BCUT2D eigenvalue weighted by Gasteiger charge is -1.98. The number of fused-ring (bicyclic) bond motifs is 3. The predicted molar refractivity (Wildman–Crippen MR) is 59.0 cm³/mol. The van der Waals surface area contributed by atoms with Gasteiger partial charge in [0.2, 0.25) is 0 Å². The van der Waals surface area contributed by atoms with E-state index in [9.17, 15) is 0 Å². The molecule has 0 saturated carbocycles. The lowest BCUT2D eigenvalue weighted by Crippen LogP contribution is -1.77. The van der Waals surface area contributed by atoms with E-state index in [2.05, 4.69) is 48.5 Å². The van der Waals surface area contributed by atoms with Crippen molar-refractivity contribution in [3.05, 3.63) is 67.1 Å². The summed E-state index contributed by atoms with van der Waals surface area (Å²) in [7, 11) is 0. The minimum atomic E-state index is 0. The largest absolute Gasteiger partial charge is 0.0619 e. The molecule has 3 rings (SSSR count). The zero-order chi connectivity index (χ0) is 8.67. The summed E-state index contributed by atoms with van der Waals surface area (Å²) < 4.78 is 0. The second kappa shape index (κ2) is 3.30. The van der Waals surface area contributed by atoms with Crippen molar-refractivity contribution < 1.29 is 0 Å². The van der Waals surface area contributed by atoms with Crippen LogP contribution in [-0.4, -0.2) is 0 Å². The first-order valence-corrected chi connectivity index (χ1v) is 4.61. The highest BCUT2D eigenvalue weighted by Crippen LogP contribution is 2.35. The fraction of sp³-hybridized carbons (Fsp3) is 0.0714. The van der Waals surface area contributed by atoms with Crippen LogP contribution in [0.3, 0.4) is 0 Å². The fourth-order valence-electron chi connectivity index (χ4n) is 2.08. The Bertz CT molecular complexity index is 412. The molecule has 2 aromatic rings. The van der Waals surface area contributed by atoms with Crippen molar-refractivity contribution in [2.24, 2.45) is 0 Å². The average molecular weight is 179 g/mol. The van der Waals surface area contributed by atoms with Gasteiger partial charge in [-0.05, 0) is 36.1 Å². The van der Waals surface area contributed by atoms with Crippen LogP contribution in [0.5, 0.6) is 0 Å². The molecule has 3 radical (unpaired) electrons. The molecule has 14 heavy (non-hydrogen) atoms. The van der Waals surface area contributed by atoms with Crippen LogP contribution in [0.15, 0.2) is 48.5 Å². The van der Waals surface area contributed by atoms with Crippen LogP contribution in [-0.2, 0) is 6.42 Å². The van der Waals surface area contributed by atoms with Crippen molar-refractivity contribution in [2.45, 2.75) is 6.42 Å². The van der Waals surface area contributed by atoms with E-state index in [4.69, 9.17) is 0 Å². The predicted octanol–water partition coefficient (Wildman–Crippen LogP) is 3.46. The highest BCUT2D eigenvalue weighted by molar-refractivity contribution is 5.76. The van der Waals surface area contributed by atoms with E-state index in [0.717, 1.165) is 6.42 Å². The summed E-state index contributed by atoms with van der Waals surface area (Å²) in [4.78, 5) is 0. The molecule has 0 saturated heterocycles. The van der Waals surface area contributed by atoms with Crippen molar-refractivity contribution in [2.75, 3.05) is 0 Å². The monoisotopic (exact) mass is 179 g/mol. The number of hydrogen-bond donors (Lipinski definition) is 0. The van der Waals surface area contributed by atoms with Gasteiger partial charge in [0.1, 0.15) is 0 Å². The summed E-state index contributed by atoms with van der Waals surface area (Å²) in [6.07, 6.45) is 1.10. The van der Waals surface area contributed by atoms with Gasteiger partial charge in [-0.2, -0.15) is 0 Å². The molecule has 0 heteroatoms. The second-order valence-electron chi connectivity index (χ2n) is 3.49. The molecule has 0 nitrogen and oxygen atoms in total. The maximum absolute atomic E-state index is 2.22. The zero-order valence-corrected chi connectivity index (χ0v) is 7.90. The molecule has 2 aromatic carbocycles. The lowest BCUT2D eigenvalue weighted by molar-refractivity contribution is 1.26. The van der Waals surface area contributed by atoms with Crippen molar-refractivity contribution >= 4 is 0 Å². The molecule has 67 valence electrons. The van der Waals surface area contributed by atoms with Gasteiger partial charge in [0.25, 0.3) is 0 Å². The van der Waals surface area contributed by atoms with Gasteiger partial charge in [0.05, 0.1) is 0 Å². The van der Waals surface area contributed by atoms with Crippen LogP contribution in [0.4, 0.5) is 0 Å². The zero-order valence-electron chi connectivity index (χ0n) is 7.90. The summed E-state index contributed by atoms with van der Waals surface area (Å²) in [6.45, 7) is 0. The van der Waals surface area contributed by atoms with Gasteiger partial charge >= 0.3 is 0 Å². The van der Waals surface area contributed by atoms with Crippen LogP contribution in [0.2, 0.25) is 0 Å². The third kappa shape index (κ3) is 1.15. The standard InChI is InChI=1S/C13H10.CH/c1-3-7-12-10(5-1)9-11-6-2-4-8-13(11)12;/h1-8H,9H2;1H. The Morgan fingerprint density at radius 2 is 1.07 bits per heavy atom. The van der Waals surface area contributed by atoms with Gasteiger partial charge in [-0.25, -0.2) is 0 Å². The minimum absolute atomic E-state index is 0. The van der Waals surface area contributed by atoms with Gasteiger partial charge < -0.3 is 0 Å². The molecule has 0 atom stereocenters. The van der Waals surface area contributed by atoms with Crippen LogP contribution in [0.1, 0.15) is 11.1 Å². The van der Waals surface area contributed by atoms with Crippen molar-refractivity contribution in [1.29, 1.82) is 0 Å². The van der Waals surface area contributed by atoms with Crippen LogP contribution in [0.25, 0.3) is 11.1 Å². The first-order chi connectivity index (χ1) is 6.45. The number of benzene rings is 2. The quantitative estimate of drug-likeness (QED) is 0.495. The Hall–Kier alpha value is -1.56. The Labute approximate surface area is 85.2 Å². The fourth-order valence-corrected chi connectivity index (χ4v) is 2.08. The molecular weight excluding hydrogens is 168 g/mol. The lowest BCUT2D eigenvalue weighted by atomic mass is 10.1. The second-order valence-corrected chi connectivity index (χ2v) is 3.49. The highest BCUT2D eigenvalue weighted by Gasteiger charge is 2.15. The molecular formula is C14H11.